The summed E-state index contributed by atoms with van der Waals surface area (Å²) < 4.78 is 25.2. The van der Waals surface area contributed by atoms with Crippen molar-refractivity contribution in [3.05, 3.63) is 87.1 Å². The molecule has 3 aromatic rings. The minimum Gasteiger partial charge on any atom is -0.493 e. The van der Waals surface area contributed by atoms with Gasteiger partial charge in [0.1, 0.15) is 12.4 Å². The van der Waals surface area contributed by atoms with E-state index in [9.17, 15) is 9.18 Å². The molecule has 0 unspecified atom stereocenters. The monoisotopic (exact) mass is 473 g/mol. The molecule has 0 saturated heterocycles. The van der Waals surface area contributed by atoms with E-state index < -0.39 is 5.97 Å². The van der Waals surface area contributed by atoms with E-state index in [-0.39, 0.29) is 18.0 Å². The van der Waals surface area contributed by atoms with E-state index in [0.29, 0.717) is 18.0 Å². The number of hydrogen-bond acceptors (Lipinski definition) is 4. The van der Waals surface area contributed by atoms with E-state index in [1.54, 1.807) is 37.4 Å². The van der Waals surface area contributed by atoms with Crippen molar-refractivity contribution in [3.8, 4) is 11.5 Å². The van der Waals surface area contributed by atoms with Crippen LogP contribution in [0.5, 0.6) is 11.5 Å². The van der Waals surface area contributed by atoms with E-state index in [2.05, 4.69) is 21.2 Å². The van der Waals surface area contributed by atoms with Crippen LogP contribution in [0.2, 0.25) is 0 Å². The average molecular weight is 474 g/mol. The smallest absolute Gasteiger partial charge is 0.335 e. The summed E-state index contributed by atoms with van der Waals surface area (Å²) in [5.41, 5.74) is 3.75. The third-order valence-electron chi connectivity index (χ3n) is 4.54. The van der Waals surface area contributed by atoms with Crippen molar-refractivity contribution in [3.63, 3.8) is 0 Å². The summed E-state index contributed by atoms with van der Waals surface area (Å²) >= 11 is 3.53. The zero-order valence-corrected chi connectivity index (χ0v) is 18.1. The first-order valence-corrected chi connectivity index (χ1v) is 9.98. The van der Waals surface area contributed by atoms with E-state index >= 15 is 0 Å². The van der Waals surface area contributed by atoms with Crippen LogP contribution < -0.4 is 14.8 Å². The third kappa shape index (κ3) is 5.30. The molecule has 0 aliphatic heterocycles. The van der Waals surface area contributed by atoms with Gasteiger partial charge >= 0.3 is 5.97 Å². The van der Waals surface area contributed by atoms with Crippen LogP contribution in [0.3, 0.4) is 0 Å². The first-order valence-electron chi connectivity index (χ1n) is 9.19. The van der Waals surface area contributed by atoms with Crippen LogP contribution >= 0.6 is 15.9 Å². The highest BCUT2D eigenvalue weighted by Gasteiger charge is 2.13. The number of methoxy groups -OCH3 is 1. The molecule has 5 nitrogen and oxygen atoms in total. The molecule has 7 heteroatoms. The van der Waals surface area contributed by atoms with Gasteiger partial charge in [-0.05, 0) is 82.0 Å². The summed E-state index contributed by atoms with van der Waals surface area (Å²) in [7, 11) is 1.57. The molecule has 0 fully saturated rings. The van der Waals surface area contributed by atoms with E-state index in [1.807, 2.05) is 19.1 Å². The molecule has 0 spiro atoms. The average Bonchev–Trinajstić information content (AvgIpc) is 2.72. The number of benzene rings is 3. The van der Waals surface area contributed by atoms with Crippen LogP contribution in [-0.4, -0.2) is 18.2 Å². The Morgan fingerprint density at radius 2 is 1.83 bits per heavy atom. The molecular formula is C23H21BrFNO4. The quantitative estimate of drug-likeness (QED) is 0.432. The maximum absolute atomic E-state index is 13.1. The Morgan fingerprint density at radius 3 is 2.47 bits per heavy atom. The van der Waals surface area contributed by atoms with Crippen molar-refractivity contribution in [1.29, 1.82) is 0 Å². The molecule has 0 bridgehead atoms. The zero-order valence-electron chi connectivity index (χ0n) is 16.5. The second-order valence-corrected chi connectivity index (χ2v) is 7.57. The lowest BCUT2D eigenvalue weighted by Crippen LogP contribution is -2.04. The van der Waals surface area contributed by atoms with Gasteiger partial charge in [0, 0.05) is 12.2 Å². The molecule has 30 heavy (non-hydrogen) atoms. The van der Waals surface area contributed by atoms with Gasteiger partial charge in [-0.25, -0.2) is 9.18 Å². The highest BCUT2D eigenvalue weighted by atomic mass is 79.9. The molecule has 3 aromatic carbocycles. The molecule has 0 amide bonds. The van der Waals surface area contributed by atoms with Gasteiger partial charge in [-0.1, -0.05) is 12.1 Å². The molecule has 156 valence electrons. The molecular weight excluding hydrogens is 453 g/mol. The van der Waals surface area contributed by atoms with Crippen LogP contribution in [0.25, 0.3) is 0 Å². The minimum atomic E-state index is -0.949. The normalized spacial score (nSPS) is 10.5. The maximum Gasteiger partial charge on any atom is 0.335 e. The number of anilines is 1. The number of rotatable bonds is 8. The fraction of sp³-hybridized carbons (Fsp3) is 0.174. The first kappa shape index (κ1) is 21.6. The van der Waals surface area contributed by atoms with Crippen LogP contribution in [0.1, 0.15) is 27.0 Å². The van der Waals surface area contributed by atoms with Crippen molar-refractivity contribution in [2.24, 2.45) is 0 Å². The van der Waals surface area contributed by atoms with Crippen molar-refractivity contribution in [2.45, 2.75) is 20.1 Å². The van der Waals surface area contributed by atoms with Gasteiger partial charge < -0.3 is 19.9 Å². The summed E-state index contributed by atoms with van der Waals surface area (Å²) in [5.74, 6) is -0.106. The Balaban J connectivity index is 1.71. The number of hydrogen-bond donors (Lipinski definition) is 2. The van der Waals surface area contributed by atoms with E-state index in [4.69, 9.17) is 14.6 Å². The van der Waals surface area contributed by atoms with Gasteiger partial charge in [0.15, 0.2) is 11.5 Å². The van der Waals surface area contributed by atoms with Crippen LogP contribution in [0.15, 0.2) is 59.1 Å². The van der Waals surface area contributed by atoms with Gasteiger partial charge in [-0.3, -0.25) is 0 Å². The number of carbonyl (C=O) groups is 1. The summed E-state index contributed by atoms with van der Waals surface area (Å²) in [6, 6.07) is 14.9. The summed E-state index contributed by atoms with van der Waals surface area (Å²) in [6.07, 6.45) is 0. The van der Waals surface area contributed by atoms with E-state index in [1.165, 1.54) is 12.1 Å². The fourth-order valence-corrected chi connectivity index (χ4v) is 3.55. The number of halogens is 2. The number of carboxylic acids is 1. The lowest BCUT2D eigenvalue weighted by Gasteiger charge is -2.16. The lowest BCUT2D eigenvalue weighted by molar-refractivity contribution is 0.0697. The number of ether oxygens (including phenoxy) is 2. The molecule has 2 N–H and O–H groups in total. The highest BCUT2D eigenvalue weighted by molar-refractivity contribution is 9.10. The van der Waals surface area contributed by atoms with Crippen molar-refractivity contribution < 1.29 is 23.8 Å². The molecule has 0 heterocycles. The Kier molecular flexibility index (Phi) is 6.95. The Bertz CT molecular complexity index is 1050. The van der Waals surface area contributed by atoms with Crippen molar-refractivity contribution in [2.75, 3.05) is 12.4 Å². The third-order valence-corrected chi connectivity index (χ3v) is 5.13. The second-order valence-electron chi connectivity index (χ2n) is 6.71. The molecule has 0 aromatic heterocycles. The van der Waals surface area contributed by atoms with Gasteiger partial charge in [0.2, 0.25) is 0 Å². The summed E-state index contributed by atoms with van der Waals surface area (Å²) in [5, 5.41) is 12.4. The molecule has 3 rings (SSSR count). The van der Waals surface area contributed by atoms with Crippen molar-refractivity contribution in [1.82, 2.24) is 0 Å². The standard InChI is InChI=1S/C23H21BrFNO4/c1-14-9-17(23(27)28)5-8-20(14)26-12-16-10-19(24)22(21(11-16)29-2)30-13-15-3-6-18(25)7-4-15/h3-11,26H,12-13H2,1-2H3,(H,27,28). The number of nitrogens with one attached hydrogen (secondary N) is 1. The Hall–Kier alpha value is -3.06. The number of aryl methyl sites for hydroxylation is 1. The summed E-state index contributed by atoms with van der Waals surface area (Å²) in [4.78, 5) is 11.1. The van der Waals surface area contributed by atoms with Crippen LogP contribution in [0, 0.1) is 12.7 Å². The lowest BCUT2D eigenvalue weighted by atomic mass is 10.1. The van der Waals surface area contributed by atoms with Crippen LogP contribution in [-0.2, 0) is 13.2 Å². The topological polar surface area (TPSA) is 67.8 Å². The van der Waals surface area contributed by atoms with Crippen LogP contribution in [0.4, 0.5) is 10.1 Å². The fourth-order valence-electron chi connectivity index (χ4n) is 2.94. The highest BCUT2D eigenvalue weighted by Crippen LogP contribution is 2.37. The van der Waals surface area contributed by atoms with Gasteiger partial charge in [-0.15, -0.1) is 0 Å². The number of aromatic carboxylic acids is 1. The summed E-state index contributed by atoms with van der Waals surface area (Å²) in [6.45, 7) is 2.65. The second kappa shape index (κ2) is 9.63. The largest absolute Gasteiger partial charge is 0.493 e. The molecule has 0 aliphatic rings. The van der Waals surface area contributed by atoms with E-state index in [0.717, 1.165) is 26.9 Å². The SMILES string of the molecule is COc1cc(CNc2ccc(C(=O)O)cc2C)cc(Br)c1OCc1ccc(F)cc1. The Labute approximate surface area is 182 Å². The molecule has 0 radical (unpaired) electrons. The molecule has 0 saturated carbocycles. The Morgan fingerprint density at radius 1 is 1.10 bits per heavy atom. The van der Waals surface area contributed by atoms with Gasteiger partial charge in [0.25, 0.3) is 0 Å². The number of carboxylic acid groups (broad SMARTS) is 1. The van der Waals surface area contributed by atoms with Gasteiger partial charge in [0.05, 0.1) is 17.1 Å². The molecule has 0 aliphatic carbocycles. The maximum atomic E-state index is 13.1. The minimum absolute atomic E-state index is 0.255. The predicted molar refractivity (Wildman–Crippen MR) is 117 cm³/mol. The molecule has 0 atom stereocenters. The predicted octanol–water partition coefficient (Wildman–Crippen LogP) is 5.79. The van der Waals surface area contributed by atoms with Gasteiger partial charge in [-0.2, -0.15) is 0 Å². The first-order chi connectivity index (χ1) is 14.4. The van der Waals surface area contributed by atoms with Crippen molar-refractivity contribution >= 4 is 27.6 Å². The zero-order chi connectivity index (χ0) is 21.7.